The van der Waals surface area contributed by atoms with Gasteiger partial charge in [0.05, 0.1) is 35.5 Å². The van der Waals surface area contributed by atoms with E-state index in [1.165, 1.54) is 48.6 Å². The standard InChI is InChI=1S/C26H22O8/c1-3-31-21-9-11-23(19(13-21)15-27)33-25(29)17-5-7-18(8-6-17)26(30)34-24-12-10-22(32-4-2)14-20(24)16-28/h5-14,23-24H,3-4H2,1-2H3. The molecule has 0 saturated carbocycles. The van der Waals surface area contributed by atoms with Crippen LogP contribution in [0, 0.1) is 0 Å². The van der Waals surface area contributed by atoms with E-state index in [1.807, 2.05) is 13.8 Å². The van der Waals surface area contributed by atoms with Gasteiger partial charge in [0.25, 0.3) is 0 Å². The lowest BCUT2D eigenvalue weighted by atomic mass is 10.0. The van der Waals surface area contributed by atoms with Crippen LogP contribution in [0.25, 0.3) is 0 Å². The van der Waals surface area contributed by atoms with Crippen molar-refractivity contribution in [2.24, 2.45) is 0 Å². The molecule has 0 N–H and O–H groups in total. The zero-order valence-corrected chi connectivity index (χ0v) is 18.6. The Labute approximate surface area is 196 Å². The van der Waals surface area contributed by atoms with Crippen LogP contribution in [-0.4, -0.2) is 49.2 Å². The van der Waals surface area contributed by atoms with E-state index in [2.05, 4.69) is 0 Å². The molecule has 8 nitrogen and oxygen atoms in total. The third-order valence-corrected chi connectivity index (χ3v) is 4.76. The number of carbonyl (C=O) groups excluding carboxylic acids is 4. The van der Waals surface area contributed by atoms with Crippen molar-refractivity contribution in [1.29, 1.82) is 0 Å². The quantitative estimate of drug-likeness (QED) is 0.428. The maximum Gasteiger partial charge on any atom is 0.339 e. The third-order valence-electron chi connectivity index (χ3n) is 4.76. The van der Waals surface area contributed by atoms with E-state index in [-0.39, 0.29) is 22.3 Å². The predicted molar refractivity (Wildman–Crippen MR) is 121 cm³/mol. The van der Waals surface area contributed by atoms with Crippen molar-refractivity contribution in [2.45, 2.75) is 26.1 Å². The first-order valence-corrected chi connectivity index (χ1v) is 10.6. The molecule has 1 aromatic carbocycles. The Hall–Kier alpha value is -4.38. The van der Waals surface area contributed by atoms with E-state index in [9.17, 15) is 19.2 Å². The Morgan fingerprint density at radius 2 is 1.12 bits per heavy atom. The highest BCUT2D eigenvalue weighted by Gasteiger charge is 2.23. The molecule has 3 rings (SSSR count). The van der Waals surface area contributed by atoms with Gasteiger partial charge in [-0.1, -0.05) is 0 Å². The first-order valence-electron chi connectivity index (χ1n) is 10.6. The molecule has 2 aliphatic carbocycles. The number of hydrogen-bond acceptors (Lipinski definition) is 8. The minimum atomic E-state index is -0.903. The molecule has 1 aromatic rings. The second kappa shape index (κ2) is 11.5. The zero-order valence-electron chi connectivity index (χ0n) is 18.6. The Morgan fingerprint density at radius 1 is 0.735 bits per heavy atom. The smallest absolute Gasteiger partial charge is 0.339 e. The molecular formula is C26H22O8. The molecular weight excluding hydrogens is 440 g/mol. The van der Waals surface area contributed by atoms with Crippen LogP contribution < -0.4 is 0 Å². The lowest BCUT2D eigenvalue weighted by molar-refractivity contribution is 0.0436. The van der Waals surface area contributed by atoms with E-state index in [0.717, 1.165) is 0 Å². The Bertz CT molecular complexity index is 1080. The summed E-state index contributed by atoms with van der Waals surface area (Å²) in [5.74, 6) is 3.08. The minimum absolute atomic E-state index is 0.126. The highest BCUT2D eigenvalue weighted by atomic mass is 16.5. The molecule has 2 atom stereocenters. The number of allylic oxidation sites excluding steroid dienone is 2. The fraction of sp³-hybridized carbons (Fsp3) is 0.231. The fourth-order valence-electron chi connectivity index (χ4n) is 3.14. The van der Waals surface area contributed by atoms with Crippen molar-refractivity contribution in [3.8, 4) is 0 Å². The van der Waals surface area contributed by atoms with Gasteiger partial charge < -0.3 is 18.9 Å². The van der Waals surface area contributed by atoms with E-state index in [1.54, 1.807) is 24.0 Å². The molecule has 0 aliphatic heterocycles. The van der Waals surface area contributed by atoms with Gasteiger partial charge in [-0.05, 0) is 74.6 Å². The topological polar surface area (TPSA) is 105 Å². The van der Waals surface area contributed by atoms with Crippen LogP contribution in [0.5, 0.6) is 0 Å². The molecule has 0 bridgehead atoms. The monoisotopic (exact) mass is 462 g/mol. The van der Waals surface area contributed by atoms with Crippen LogP contribution >= 0.6 is 0 Å². The van der Waals surface area contributed by atoms with Gasteiger partial charge in [-0.25, -0.2) is 19.2 Å². The lowest BCUT2D eigenvalue weighted by Crippen LogP contribution is -2.21. The predicted octanol–water partition coefficient (Wildman–Crippen LogP) is 3.23. The normalized spacial score (nSPS) is 18.8. The molecule has 8 heteroatoms. The van der Waals surface area contributed by atoms with E-state index in [0.29, 0.717) is 24.7 Å². The number of carbonyl (C=O) groups is 2. The van der Waals surface area contributed by atoms with Gasteiger partial charge in [-0.15, -0.1) is 0 Å². The Morgan fingerprint density at radius 3 is 1.44 bits per heavy atom. The van der Waals surface area contributed by atoms with Gasteiger partial charge in [0.15, 0.2) is 12.2 Å². The summed E-state index contributed by atoms with van der Waals surface area (Å²) in [5.41, 5.74) is 0.594. The van der Waals surface area contributed by atoms with Crippen molar-refractivity contribution < 1.29 is 38.1 Å². The third kappa shape index (κ3) is 5.90. The Balaban J connectivity index is 1.63. The van der Waals surface area contributed by atoms with Gasteiger partial charge in [0.2, 0.25) is 0 Å². The summed E-state index contributed by atoms with van der Waals surface area (Å²) < 4.78 is 21.4. The van der Waals surface area contributed by atoms with Crippen molar-refractivity contribution in [1.82, 2.24) is 0 Å². The van der Waals surface area contributed by atoms with Gasteiger partial charge in [0.1, 0.15) is 23.4 Å². The molecule has 34 heavy (non-hydrogen) atoms. The van der Waals surface area contributed by atoms with Crippen LogP contribution in [0.2, 0.25) is 0 Å². The summed E-state index contributed by atoms with van der Waals surface area (Å²) in [6.07, 6.45) is 7.38. The molecule has 0 heterocycles. The first-order chi connectivity index (χ1) is 16.5. The fourth-order valence-corrected chi connectivity index (χ4v) is 3.14. The SMILES string of the molecule is CCOC1=CC(=C=O)C(OC(=O)c2ccc(C(=O)OC3C=CC(OCC)=CC3=C=O)cc2)C=C1. The molecule has 0 spiro atoms. The van der Waals surface area contributed by atoms with E-state index >= 15 is 0 Å². The summed E-state index contributed by atoms with van der Waals surface area (Å²) >= 11 is 0. The molecule has 0 aromatic heterocycles. The number of ether oxygens (including phenoxy) is 4. The second-order valence-corrected chi connectivity index (χ2v) is 7.02. The zero-order chi connectivity index (χ0) is 24.5. The number of esters is 2. The Kier molecular flexibility index (Phi) is 8.19. The molecule has 0 amide bonds. The van der Waals surface area contributed by atoms with Crippen LogP contribution in [0.4, 0.5) is 0 Å². The van der Waals surface area contributed by atoms with Crippen molar-refractivity contribution >= 4 is 23.8 Å². The van der Waals surface area contributed by atoms with Crippen molar-refractivity contribution in [2.75, 3.05) is 13.2 Å². The van der Waals surface area contributed by atoms with E-state index < -0.39 is 24.1 Å². The maximum atomic E-state index is 12.5. The summed E-state index contributed by atoms with van der Waals surface area (Å²) in [4.78, 5) is 47.5. The van der Waals surface area contributed by atoms with E-state index in [4.69, 9.17) is 18.9 Å². The molecule has 0 saturated heterocycles. The molecule has 2 aliphatic rings. The summed E-state index contributed by atoms with van der Waals surface area (Å²) in [6.45, 7) is 4.47. The van der Waals surface area contributed by atoms with Crippen LogP contribution in [0.3, 0.4) is 0 Å². The number of hydrogen-bond donors (Lipinski definition) is 0. The first kappa shape index (κ1) is 24.3. The van der Waals surface area contributed by atoms with Gasteiger partial charge >= 0.3 is 11.9 Å². The lowest BCUT2D eigenvalue weighted by Gasteiger charge is -2.18. The van der Waals surface area contributed by atoms with Crippen LogP contribution in [0.15, 0.2) is 83.4 Å². The summed E-state index contributed by atoms with van der Waals surface area (Å²) in [6, 6.07) is 5.60. The van der Waals surface area contributed by atoms with Crippen LogP contribution in [0.1, 0.15) is 34.6 Å². The average Bonchev–Trinajstić information content (AvgIpc) is 2.86. The second-order valence-electron chi connectivity index (χ2n) is 7.02. The van der Waals surface area contributed by atoms with Gasteiger partial charge in [-0.2, -0.15) is 0 Å². The molecule has 0 fully saturated rings. The molecule has 2 unspecified atom stereocenters. The number of rotatable bonds is 8. The highest BCUT2D eigenvalue weighted by Crippen LogP contribution is 2.21. The minimum Gasteiger partial charge on any atom is -0.494 e. The summed E-state index contributed by atoms with van der Waals surface area (Å²) in [7, 11) is 0. The van der Waals surface area contributed by atoms with Crippen molar-refractivity contribution in [3.05, 3.63) is 94.5 Å². The highest BCUT2D eigenvalue weighted by molar-refractivity contribution is 5.94. The molecule has 0 radical (unpaired) electrons. The van der Waals surface area contributed by atoms with Gasteiger partial charge in [-0.3, -0.25) is 0 Å². The largest absolute Gasteiger partial charge is 0.494 e. The molecule has 174 valence electrons. The average molecular weight is 462 g/mol. The van der Waals surface area contributed by atoms with Crippen LogP contribution in [-0.2, 0) is 28.5 Å². The number of benzene rings is 1. The summed E-state index contributed by atoms with van der Waals surface area (Å²) in [5, 5.41) is 0. The maximum absolute atomic E-state index is 12.5. The van der Waals surface area contributed by atoms with Gasteiger partial charge in [0, 0.05) is 0 Å². The van der Waals surface area contributed by atoms with Crippen molar-refractivity contribution in [3.63, 3.8) is 0 Å².